The number of ether oxygens (including phenoxy) is 1. The molecule has 15 heteroatoms. The lowest BCUT2D eigenvalue weighted by Gasteiger charge is -2.22. The number of aliphatic carboxylic acids is 1. The highest BCUT2D eigenvalue weighted by molar-refractivity contribution is 7.92. The third kappa shape index (κ3) is 8.61. The SMILES string of the molecule is CCn1nc(C)c(CCN(C)c2ccc(NS(=O)(=O)c3ccc(OC)cc3)cc2C(=O)O)c1C.O=C(O)C(F)(F)F. The van der Waals surface area contributed by atoms with Crippen molar-refractivity contribution in [3.63, 3.8) is 0 Å². The lowest BCUT2D eigenvalue weighted by Crippen LogP contribution is -2.23. The largest absolute Gasteiger partial charge is 0.497 e. The number of nitrogens with zero attached hydrogens (tertiary/aromatic N) is 3. The summed E-state index contributed by atoms with van der Waals surface area (Å²) in [4.78, 5) is 22.8. The van der Waals surface area contributed by atoms with Crippen LogP contribution in [-0.2, 0) is 27.8 Å². The van der Waals surface area contributed by atoms with Crippen molar-refractivity contribution in [3.05, 3.63) is 65.0 Å². The van der Waals surface area contributed by atoms with Gasteiger partial charge in [0.05, 0.1) is 29.0 Å². The number of carboxylic acids is 2. The fourth-order valence-electron chi connectivity index (χ4n) is 3.88. The van der Waals surface area contributed by atoms with Crippen LogP contribution in [0, 0.1) is 13.8 Å². The second-order valence-electron chi connectivity index (χ2n) is 8.76. The highest BCUT2D eigenvalue weighted by Crippen LogP contribution is 2.27. The standard InChI is InChI=1S/C24H30N4O5S.C2HF3O2/c1-6-28-17(3)21(16(2)25-28)13-14-27(4)23-12-7-18(15-22(23)24(29)30)26-34(31,32)20-10-8-19(33-5)9-11-20;3-2(4,5)1(6)7/h7-12,15,26H,6,13-14H2,1-5H3,(H,29,30);(H,6,7). The average Bonchev–Trinajstić information content (AvgIpc) is 3.18. The quantitative estimate of drug-likeness (QED) is 0.309. The summed E-state index contributed by atoms with van der Waals surface area (Å²) in [7, 11) is -0.580. The first-order valence-corrected chi connectivity index (χ1v) is 13.6. The van der Waals surface area contributed by atoms with E-state index in [1.165, 1.54) is 25.3 Å². The van der Waals surface area contributed by atoms with Crippen molar-refractivity contribution in [2.24, 2.45) is 0 Å². The second-order valence-corrected chi connectivity index (χ2v) is 10.4. The van der Waals surface area contributed by atoms with Gasteiger partial charge >= 0.3 is 18.1 Å². The molecule has 3 rings (SSSR count). The third-order valence-corrected chi connectivity index (χ3v) is 7.43. The number of hydrogen-bond donors (Lipinski definition) is 3. The van der Waals surface area contributed by atoms with Gasteiger partial charge in [-0.25, -0.2) is 18.0 Å². The van der Waals surface area contributed by atoms with Crippen LogP contribution in [-0.4, -0.2) is 67.2 Å². The predicted octanol–water partition coefficient (Wildman–Crippen LogP) is 4.34. The minimum absolute atomic E-state index is 0.00938. The lowest BCUT2D eigenvalue weighted by molar-refractivity contribution is -0.192. The van der Waals surface area contributed by atoms with E-state index in [0.29, 0.717) is 24.4 Å². The van der Waals surface area contributed by atoms with E-state index in [0.717, 1.165) is 23.5 Å². The molecule has 11 nitrogen and oxygen atoms in total. The summed E-state index contributed by atoms with van der Waals surface area (Å²) in [5.74, 6) is -3.36. The number of halogens is 3. The molecule has 1 aromatic heterocycles. The zero-order valence-electron chi connectivity index (χ0n) is 23.0. The first-order valence-electron chi connectivity index (χ1n) is 12.1. The third-order valence-electron chi connectivity index (χ3n) is 6.03. The molecule has 224 valence electrons. The number of hydrogen-bond acceptors (Lipinski definition) is 7. The van der Waals surface area contributed by atoms with Crippen molar-refractivity contribution in [1.82, 2.24) is 9.78 Å². The maximum Gasteiger partial charge on any atom is 0.490 e. The van der Waals surface area contributed by atoms with E-state index in [-0.39, 0.29) is 16.1 Å². The average molecular weight is 601 g/mol. The van der Waals surface area contributed by atoms with E-state index in [1.807, 2.05) is 37.4 Å². The summed E-state index contributed by atoms with van der Waals surface area (Å²) in [5.41, 5.74) is 3.90. The van der Waals surface area contributed by atoms with Gasteiger partial charge in [-0.1, -0.05) is 0 Å². The van der Waals surface area contributed by atoms with E-state index >= 15 is 0 Å². The van der Waals surface area contributed by atoms with Gasteiger partial charge in [-0.05, 0) is 75.2 Å². The molecular weight excluding hydrogens is 569 g/mol. The number of methoxy groups -OCH3 is 1. The van der Waals surface area contributed by atoms with E-state index in [1.54, 1.807) is 24.3 Å². The molecule has 0 spiro atoms. The normalized spacial score (nSPS) is 11.3. The Balaban J connectivity index is 0.000000745. The molecule has 0 radical (unpaired) electrons. The topological polar surface area (TPSA) is 151 Å². The number of aromatic nitrogens is 2. The fraction of sp³-hybridized carbons (Fsp3) is 0.346. The van der Waals surface area contributed by atoms with E-state index in [9.17, 15) is 31.5 Å². The summed E-state index contributed by atoms with van der Waals surface area (Å²) in [6.45, 7) is 7.42. The maximum atomic E-state index is 12.7. The Morgan fingerprint density at radius 1 is 1.10 bits per heavy atom. The van der Waals surface area contributed by atoms with Crippen LogP contribution < -0.4 is 14.4 Å². The van der Waals surface area contributed by atoms with Crippen LogP contribution >= 0.6 is 0 Å². The Morgan fingerprint density at radius 3 is 2.15 bits per heavy atom. The zero-order valence-corrected chi connectivity index (χ0v) is 23.8. The van der Waals surface area contributed by atoms with Gasteiger partial charge < -0.3 is 19.8 Å². The van der Waals surface area contributed by atoms with Crippen LogP contribution in [0.3, 0.4) is 0 Å². The molecule has 0 fully saturated rings. The zero-order chi connectivity index (χ0) is 31.1. The summed E-state index contributed by atoms with van der Waals surface area (Å²) in [6.07, 6.45) is -4.38. The molecule has 1 heterocycles. The van der Waals surface area contributed by atoms with Gasteiger partial charge in [-0.15, -0.1) is 0 Å². The monoisotopic (exact) mass is 600 g/mol. The van der Waals surface area contributed by atoms with Gasteiger partial charge in [-0.3, -0.25) is 9.40 Å². The predicted molar refractivity (Wildman–Crippen MR) is 145 cm³/mol. The van der Waals surface area contributed by atoms with Crippen molar-refractivity contribution >= 4 is 33.3 Å². The van der Waals surface area contributed by atoms with Gasteiger partial charge in [0.15, 0.2) is 0 Å². The first kappa shape index (κ1) is 32.9. The van der Waals surface area contributed by atoms with Crippen LogP contribution in [0.15, 0.2) is 47.4 Å². The Labute approximate surface area is 235 Å². The molecule has 0 aliphatic rings. The fourth-order valence-corrected chi connectivity index (χ4v) is 4.93. The maximum absolute atomic E-state index is 12.7. The van der Waals surface area contributed by atoms with Crippen LogP contribution in [0.5, 0.6) is 5.75 Å². The number of likely N-dealkylation sites (N-methyl/N-ethyl adjacent to an activating group) is 1. The molecule has 0 aliphatic carbocycles. The van der Waals surface area contributed by atoms with Crippen molar-refractivity contribution in [2.75, 3.05) is 30.3 Å². The van der Waals surface area contributed by atoms with Crippen molar-refractivity contribution in [1.29, 1.82) is 0 Å². The molecule has 2 aromatic carbocycles. The summed E-state index contributed by atoms with van der Waals surface area (Å²) >= 11 is 0. The molecule has 0 aliphatic heterocycles. The van der Waals surface area contributed by atoms with Gasteiger partial charge in [0.25, 0.3) is 10.0 Å². The van der Waals surface area contributed by atoms with Crippen molar-refractivity contribution in [3.8, 4) is 5.75 Å². The van der Waals surface area contributed by atoms with Crippen LogP contribution in [0.2, 0.25) is 0 Å². The van der Waals surface area contributed by atoms with Crippen molar-refractivity contribution < 1.29 is 46.1 Å². The van der Waals surface area contributed by atoms with Gasteiger partial charge in [-0.2, -0.15) is 18.3 Å². The number of rotatable bonds is 10. The minimum atomic E-state index is -5.08. The molecular formula is C26H31F3N4O7S. The lowest BCUT2D eigenvalue weighted by atomic mass is 10.1. The number of carbonyl (C=O) groups is 2. The number of aryl methyl sites for hydroxylation is 2. The minimum Gasteiger partial charge on any atom is -0.497 e. The number of benzene rings is 2. The Hall–Kier alpha value is -4.27. The highest BCUT2D eigenvalue weighted by atomic mass is 32.2. The molecule has 0 bridgehead atoms. The number of anilines is 2. The van der Waals surface area contributed by atoms with E-state index < -0.39 is 28.1 Å². The molecule has 0 atom stereocenters. The molecule has 0 saturated heterocycles. The first-order chi connectivity index (χ1) is 19.0. The van der Waals surface area contributed by atoms with Crippen LogP contribution in [0.4, 0.5) is 24.5 Å². The van der Waals surface area contributed by atoms with Crippen LogP contribution in [0.25, 0.3) is 0 Å². The van der Waals surface area contributed by atoms with Gasteiger partial charge in [0.1, 0.15) is 5.75 Å². The van der Waals surface area contributed by atoms with Crippen molar-refractivity contribution in [2.45, 2.75) is 44.8 Å². The molecule has 3 aromatic rings. The second kappa shape index (κ2) is 13.4. The summed E-state index contributed by atoms with van der Waals surface area (Å²) < 4.78 is 66.7. The smallest absolute Gasteiger partial charge is 0.490 e. The number of carboxylic acid groups (broad SMARTS) is 2. The summed E-state index contributed by atoms with van der Waals surface area (Å²) in [5, 5.41) is 21.5. The Kier molecular flexibility index (Phi) is 10.8. The number of aromatic carboxylic acids is 1. The molecule has 0 unspecified atom stereocenters. The Bertz CT molecular complexity index is 1490. The van der Waals surface area contributed by atoms with Gasteiger partial charge in [0, 0.05) is 31.5 Å². The molecule has 3 N–H and O–H groups in total. The van der Waals surface area contributed by atoms with E-state index in [4.69, 9.17) is 14.6 Å². The highest BCUT2D eigenvalue weighted by Gasteiger charge is 2.38. The van der Waals surface area contributed by atoms with Gasteiger partial charge in [0.2, 0.25) is 0 Å². The molecule has 0 amide bonds. The summed E-state index contributed by atoms with van der Waals surface area (Å²) in [6, 6.07) is 10.4. The van der Waals surface area contributed by atoms with Crippen LogP contribution in [0.1, 0.15) is 34.2 Å². The number of sulfonamides is 1. The molecule has 41 heavy (non-hydrogen) atoms. The van der Waals surface area contributed by atoms with E-state index in [2.05, 4.69) is 9.82 Å². The Morgan fingerprint density at radius 2 is 1.68 bits per heavy atom. The number of alkyl halides is 3. The molecule has 0 saturated carbocycles. The number of nitrogens with one attached hydrogen (secondary N) is 1.